The zero-order chi connectivity index (χ0) is 14.1. The molecule has 3 nitrogen and oxygen atoms in total. The van der Waals surface area contributed by atoms with Crippen LogP contribution in [0.3, 0.4) is 0 Å². The highest BCUT2D eigenvalue weighted by Crippen LogP contribution is 2.39. The third-order valence-electron chi connectivity index (χ3n) is 4.33. The van der Waals surface area contributed by atoms with Gasteiger partial charge in [0.25, 0.3) is 0 Å². The lowest BCUT2D eigenvalue weighted by atomic mass is 10.1. The summed E-state index contributed by atoms with van der Waals surface area (Å²) in [6, 6.07) is 2.47. The molecule has 2 fully saturated rings. The zero-order valence-electron chi connectivity index (χ0n) is 12.0. The first-order valence-corrected chi connectivity index (χ1v) is 9.43. The smallest absolute Gasteiger partial charge is 0.241 e. The number of thiophene rings is 1. The van der Waals surface area contributed by atoms with Crippen LogP contribution in [-0.2, 0) is 4.79 Å². The van der Waals surface area contributed by atoms with Gasteiger partial charge in [-0.25, -0.2) is 0 Å². The molecular formula is C15H22N2OS2. The van der Waals surface area contributed by atoms with Crippen LogP contribution < -0.4 is 5.32 Å². The van der Waals surface area contributed by atoms with Gasteiger partial charge in [-0.1, -0.05) is 13.3 Å². The molecule has 1 aliphatic carbocycles. The fourth-order valence-corrected chi connectivity index (χ4v) is 5.34. The molecule has 1 saturated heterocycles. The number of nitrogens with zero attached hydrogens (tertiary/aromatic N) is 1. The van der Waals surface area contributed by atoms with Crippen molar-refractivity contribution < 1.29 is 4.79 Å². The van der Waals surface area contributed by atoms with Gasteiger partial charge < -0.3 is 4.90 Å². The fourth-order valence-electron chi connectivity index (χ4n) is 3.41. The van der Waals surface area contributed by atoms with E-state index in [4.69, 9.17) is 0 Å². The summed E-state index contributed by atoms with van der Waals surface area (Å²) in [6.45, 7) is 4.20. The second kappa shape index (κ2) is 6.08. The summed E-state index contributed by atoms with van der Waals surface area (Å²) in [6.07, 6.45) is 3.72. The van der Waals surface area contributed by atoms with E-state index >= 15 is 0 Å². The Kier molecular flexibility index (Phi) is 4.38. The maximum Gasteiger partial charge on any atom is 0.241 e. The number of carbonyl (C=O) groups is 1. The lowest BCUT2D eigenvalue weighted by Crippen LogP contribution is -2.43. The monoisotopic (exact) mass is 310 g/mol. The summed E-state index contributed by atoms with van der Waals surface area (Å²) in [4.78, 5) is 14.8. The lowest BCUT2D eigenvalue weighted by molar-refractivity contribution is -0.131. The van der Waals surface area contributed by atoms with Crippen LogP contribution in [0.4, 0.5) is 0 Å². The van der Waals surface area contributed by atoms with Crippen molar-refractivity contribution in [2.24, 2.45) is 0 Å². The quantitative estimate of drug-likeness (QED) is 0.926. The predicted octanol–water partition coefficient (Wildman–Crippen LogP) is 3.24. The van der Waals surface area contributed by atoms with Gasteiger partial charge >= 0.3 is 0 Å². The van der Waals surface area contributed by atoms with E-state index in [9.17, 15) is 4.79 Å². The Morgan fingerprint density at radius 2 is 2.35 bits per heavy atom. The molecule has 1 aliphatic heterocycles. The van der Waals surface area contributed by atoms with Crippen LogP contribution in [0.1, 0.15) is 44.8 Å². The molecule has 110 valence electrons. The first-order chi connectivity index (χ1) is 9.72. The topological polar surface area (TPSA) is 32.3 Å². The number of hydrogen-bond donors (Lipinski definition) is 1. The number of carbonyl (C=O) groups excluding carboxylic acids is 1. The van der Waals surface area contributed by atoms with Crippen molar-refractivity contribution in [2.45, 2.75) is 56.6 Å². The summed E-state index contributed by atoms with van der Waals surface area (Å²) in [5.41, 5.74) is 1.24. The number of rotatable bonds is 4. The van der Waals surface area contributed by atoms with E-state index in [1.165, 1.54) is 18.4 Å². The highest BCUT2D eigenvalue weighted by molar-refractivity contribution is 7.99. The molecule has 1 aromatic heterocycles. The van der Waals surface area contributed by atoms with Gasteiger partial charge in [-0.2, -0.15) is 23.1 Å². The fraction of sp³-hybridized carbons (Fsp3) is 0.667. The largest absolute Gasteiger partial charge is 0.317 e. The summed E-state index contributed by atoms with van der Waals surface area (Å²) in [7, 11) is 0. The average Bonchev–Trinajstić information content (AvgIpc) is 3.13. The standard InChI is InChI=1S/C15H22N2OS2/c1-3-20-13-6-4-5-12(13)17-14(11-7-8-19-9-11)16-10(2)15(17)18/h7-10,12-14,16H,3-6H2,1-2H3. The predicted molar refractivity (Wildman–Crippen MR) is 86.1 cm³/mol. The summed E-state index contributed by atoms with van der Waals surface area (Å²) < 4.78 is 0. The van der Waals surface area contributed by atoms with E-state index in [0.29, 0.717) is 11.3 Å². The minimum Gasteiger partial charge on any atom is -0.317 e. The Morgan fingerprint density at radius 1 is 1.50 bits per heavy atom. The van der Waals surface area contributed by atoms with E-state index in [2.05, 4.69) is 34.0 Å². The van der Waals surface area contributed by atoms with Crippen LogP contribution in [0, 0.1) is 0 Å². The van der Waals surface area contributed by atoms with Gasteiger partial charge in [0, 0.05) is 11.3 Å². The third-order valence-corrected chi connectivity index (χ3v) is 6.34. The Balaban J connectivity index is 1.86. The van der Waals surface area contributed by atoms with Crippen LogP contribution in [0.5, 0.6) is 0 Å². The molecule has 1 N–H and O–H groups in total. The van der Waals surface area contributed by atoms with Crippen molar-refractivity contribution in [1.29, 1.82) is 0 Å². The summed E-state index contributed by atoms with van der Waals surface area (Å²) >= 11 is 3.72. The van der Waals surface area contributed by atoms with E-state index in [0.717, 1.165) is 12.2 Å². The van der Waals surface area contributed by atoms with Gasteiger partial charge in [0.2, 0.25) is 5.91 Å². The van der Waals surface area contributed by atoms with Crippen LogP contribution in [-0.4, -0.2) is 33.9 Å². The Bertz CT molecular complexity index is 462. The van der Waals surface area contributed by atoms with Gasteiger partial charge in [0.1, 0.15) is 6.17 Å². The second-order valence-corrected chi connectivity index (χ2v) is 7.88. The molecular weight excluding hydrogens is 288 g/mol. The van der Waals surface area contributed by atoms with E-state index in [1.54, 1.807) is 11.3 Å². The molecule has 4 atom stereocenters. The Morgan fingerprint density at radius 3 is 3.05 bits per heavy atom. The van der Waals surface area contributed by atoms with E-state index in [1.807, 2.05) is 18.7 Å². The first-order valence-electron chi connectivity index (χ1n) is 7.44. The van der Waals surface area contributed by atoms with Crippen LogP contribution in [0.25, 0.3) is 0 Å². The van der Waals surface area contributed by atoms with Crippen LogP contribution in [0.2, 0.25) is 0 Å². The first kappa shape index (κ1) is 14.4. The van der Waals surface area contributed by atoms with Gasteiger partial charge in [-0.3, -0.25) is 10.1 Å². The third kappa shape index (κ3) is 2.51. The number of amides is 1. The lowest BCUT2D eigenvalue weighted by Gasteiger charge is -2.33. The zero-order valence-corrected chi connectivity index (χ0v) is 13.7. The molecule has 0 spiro atoms. The minimum atomic E-state index is -0.0622. The minimum absolute atomic E-state index is 0.0622. The molecule has 4 unspecified atom stereocenters. The molecule has 20 heavy (non-hydrogen) atoms. The number of hydrogen-bond acceptors (Lipinski definition) is 4. The van der Waals surface area contributed by atoms with Crippen molar-refractivity contribution in [1.82, 2.24) is 10.2 Å². The summed E-state index contributed by atoms with van der Waals surface area (Å²) in [5, 5.41) is 8.33. The van der Waals surface area contributed by atoms with Gasteiger partial charge in [-0.15, -0.1) is 0 Å². The van der Waals surface area contributed by atoms with Crippen LogP contribution in [0.15, 0.2) is 16.8 Å². The molecule has 0 aromatic carbocycles. The maximum absolute atomic E-state index is 12.6. The molecule has 1 aromatic rings. The Hall–Kier alpha value is -0.520. The van der Waals surface area contributed by atoms with Crippen molar-refractivity contribution in [3.8, 4) is 0 Å². The summed E-state index contributed by atoms with van der Waals surface area (Å²) in [5.74, 6) is 1.41. The van der Waals surface area contributed by atoms with Crippen molar-refractivity contribution in [3.63, 3.8) is 0 Å². The van der Waals surface area contributed by atoms with Crippen molar-refractivity contribution in [3.05, 3.63) is 22.4 Å². The number of nitrogens with one attached hydrogen (secondary N) is 1. The second-order valence-electron chi connectivity index (χ2n) is 5.59. The van der Waals surface area contributed by atoms with Crippen molar-refractivity contribution >= 4 is 29.0 Å². The molecule has 3 rings (SSSR count). The normalized spacial score (nSPS) is 34.1. The number of thioether (sulfide) groups is 1. The highest BCUT2D eigenvalue weighted by atomic mass is 32.2. The van der Waals surface area contributed by atoms with Gasteiger partial charge in [0.05, 0.1) is 6.04 Å². The molecule has 0 bridgehead atoms. The maximum atomic E-state index is 12.6. The molecule has 1 saturated carbocycles. The highest BCUT2D eigenvalue weighted by Gasteiger charge is 2.45. The van der Waals surface area contributed by atoms with E-state index < -0.39 is 0 Å². The SMILES string of the molecule is CCSC1CCCC1N1C(=O)C(C)NC1c1ccsc1. The molecule has 2 aliphatic rings. The van der Waals surface area contributed by atoms with Gasteiger partial charge in [0.15, 0.2) is 0 Å². The molecule has 2 heterocycles. The molecule has 5 heteroatoms. The van der Waals surface area contributed by atoms with E-state index in [-0.39, 0.29) is 18.1 Å². The average molecular weight is 310 g/mol. The molecule has 1 amide bonds. The molecule has 0 radical (unpaired) electrons. The van der Waals surface area contributed by atoms with Crippen molar-refractivity contribution in [2.75, 3.05) is 5.75 Å². The van der Waals surface area contributed by atoms with Gasteiger partial charge in [-0.05, 0) is 47.9 Å². The Labute approximate surface area is 129 Å². The van der Waals surface area contributed by atoms with Crippen LogP contribution >= 0.6 is 23.1 Å².